The molecule has 0 saturated heterocycles. The Balaban J connectivity index is 2.33. The molecule has 0 spiro atoms. The Morgan fingerprint density at radius 2 is 2.00 bits per heavy atom. The van der Waals surface area contributed by atoms with Gasteiger partial charge in [0.15, 0.2) is 0 Å². The number of hydrogen-bond acceptors (Lipinski definition) is 1. The molecule has 0 radical (unpaired) electrons. The van der Waals surface area contributed by atoms with E-state index in [2.05, 4.69) is 24.3 Å². The first-order valence-corrected chi connectivity index (χ1v) is 5.22. The molecule has 0 aliphatic rings. The zero-order valence-electron chi connectivity index (χ0n) is 6.19. The zero-order chi connectivity index (χ0) is 7.94. The second-order valence-electron chi connectivity index (χ2n) is 2.20. The van der Waals surface area contributed by atoms with E-state index in [4.69, 9.17) is 4.74 Å². The fourth-order valence-corrected chi connectivity index (χ4v) is 1.22. The van der Waals surface area contributed by atoms with Crippen molar-refractivity contribution in [2.45, 2.75) is 6.42 Å². The number of ether oxygens (including phenoxy) is 1. The summed E-state index contributed by atoms with van der Waals surface area (Å²) in [5, 5.41) is 0. The Hall–Kier alpha value is -0.262. The Labute approximate surface area is 77.8 Å². The summed E-state index contributed by atoms with van der Waals surface area (Å²) in [6.07, 6.45) is 1.00. The van der Waals surface area contributed by atoms with E-state index in [1.807, 2.05) is 10.7 Å². The zero-order valence-corrected chi connectivity index (χ0v) is 9.13. The van der Waals surface area contributed by atoms with Crippen molar-refractivity contribution in [3.05, 3.63) is 35.9 Å². The number of hydrogen-bond donors (Lipinski definition) is 0. The summed E-state index contributed by atoms with van der Waals surface area (Å²) < 4.78 is 6.96. The topological polar surface area (TPSA) is 9.23 Å². The summed E-state index contributed by atoms with van der Waals surface area (Å²) in [5.74, 6) is 0. The molecule has 0 fully saturated rings. The second kappa shape index (κ2) is 5.40. The summed E-state index contributed by atoms with van der Waals surface area (Å²) in [6.45, 7) is 0.799. The van der Waals surface area contributed by atoms with Gasteiger partial charge < -0.3 is 0 Å². The van der Waals surface area contributed by atoms with Gasteiger partial charge in [-0.3, -0.25) is 0 Å². The van der Waals surface area contributed by atoms with Crippen LogP contribution in [0.2, 0.25) is 0 Å². The molecule has 0 aliphatic heterocycles. The van der Waals surface area contributed by atoms with Crippen LogP contribution in [0.1, 0.15) is 5.56 Å². The summed E-state index contributed by atoms with van der Waals surface area (Å²) in [7, 11) is 0. The van der Waals surface area contributed by atoms with Crippen molar-refractivity contribution in [3.8, 4) is 0 Å². The monoisotopic (exact) mass is 318 g/mol. The van der Waals surface area contributed by atoms with Crippen LogP contribution in [0.25, 0.3) is 0 Å². The van der Waals surface area contributed by atoms with E-state index in [9.17, 15) is 0 Å². The normalized spacial score (nSPS) is 9.45. The third-order valence-electron chi connectivity index (χ3n) is 1.42. The first-order chi connectivity index (χ1) is 5.43. The van der Waals surface area contributed by atoms with Crippen LogP contribution in [0.15, 0.2) is 30.3 Å². The standard InChI is InChI=1S/C9H10O.W/c1-10-8-7-9-5-3-2-4-6-9;/h1-6H,7-8H2;. The van der Waals surface area contributed by atoms with Crippen molar-refractivity contribution >= 4 is 4.59 Å². The summed E-state index contributed by atoms with van der Waals surface area (Å²) in [4.78, 5) is 0. The van der Waals surface area contributed by atoms with Crippen molar-refractivity contribution in [3.63, 3.8) is 0 Å². The van der Waals surface area contributed by atoms with Crippen LogP contribution in [0.5, 0.6) is 0 Å². The SMILES string of the molecule is [W]=[CH]OCCc1ccccc1. The van der Waals surface area contributed by atoms with E-state index in [0.717, 1.165) is 13.0 Å². The molecule has 0 N–H and O–H groups in total. The molecule has 2 heteroatoms. The van der Waals surface area contributed by atoms with Gasteiger partial charge >= 0.3 is 77.6 Å². The minimum absolute atomic E-state index is 0.799. The third kappa shape index (κ3) is 3.59. The Morgan fingerprint density at radius 3 is 2.64 bits per heavy atom. The summed E-state index contributed by atoms with van der Waals surface area (Å²) >= 11 is 1.37. The van der Waals surface area contributed by atoms with Gasteiger partial charge in [0, 0.05) is 0 Å². The first-order valence-electron chi connectivity index (χ1n) is 3.52. The van der Waals surface area contributed by atoms with Crippen molar-refractivity contribution in [1.29, 1.82) is 0 Å². The summed E-state index contributed by atoms with van der Waals surface area (Å²) in [5.41, 5.74) is 1.34. The summed E-state index contributed by atoms with van der Waals surface area (Å²) in [6, 6.07) is 10.4. The van der Waals surface area contributed by atoms with Crippen LogP contribution in [0.4, 0.5) is 0 Å². The first kappa shape index (κ1) is 8.83. The molecule has 0 atom stereocenters. The Bertz CT molecular complexity index is 208. The molecule has 1 rings (SSSR count). The molecular weight excluding hydrogens is 308 g/mol. The van der Waals surface area contributed by atoms with Crippen LogP contribution in [0.3, 0.4) is 0 Å². The van der Waals surface area contributed by atoms with E-state index < -0.39 is 0 Å². The van der Waals surface area contributed by atoms with Gasteiger partial charge in [-0.05, 0) is 0 Å². The van der Waals surface area contributed by atoms with Crippen molar-refractivity contribution in [2.75, 3.05) is 6.61 Å². The van der Waals surface area contributed by atoms with Gasteiger partial charge in [-0.15, -0.1) is 0 Å². The van der Waals surface area contributed by atoms with Gasteiger partial charge in [0.25, 0.3) is 0 Å². The van der Waals surface area contributed by atoms with E-state index in [-0.39, 0.29) is 0 Å². The van der Waals surface area contributed by atoms with E-state index >= 15 is 0 Å². The molecule has 0 saturated carbocycles. The van der Waals surface area contributed by atoms with Crippen LogP contribution in [0, 0.1) is 0 Å². The van der Waals surface area contributed by atoms with Crippen molar-refractivity contribution < 1.29 is 24.1 Å². The predicted molar refractivity (Wildman–Crippen MR) is 42.2 cm³/mol. The molecule has 0 unspecified atom stereocenters. The van der Waals surface area contributed by atoms with Gasteiger partial charge in [-0.25, -0.2) is 0 Å². The van der Waals surface area contributed by atoms with Crippen LogP contribution in [-0.4, -0.2) is 11.2 Å². The van der Waals surface area contributed by atoms with Crippen molar-refractivity contribution in [1.82, 2.24) is 0 Å². The van der Waals surface area contributed by atoms with Gasteiger partial charge in [0.2, 0.25) is 0 Å². The Morgan fingerprint density at radius 1 is 1.27 bits per heavy atom. The average Bonchev–Trinajstić information content (AvgIpc) is 2.07. The average molecular weight is 318 g/mol. The molecule has 0 aliphatic carbocycles. The van der Waals surface area contributed by atoms with Crippen LogP contribution >= 0.6 is 0 Å². The minimum atomic E-state index is 0.799. The number of benzene rings is 1. The molecular formula is C9H10OW. The molecule has 1 aromatic rings. The van der Waals surface area contributed by atoms with Crippen LogP contribution in [-0.2, 0) is 30.5 Å². The molecule has 0 bridgehead atoms. The quantitative estimate of drug-likeness (QED) is 0.766. The van der Waals surface area contributed by atoms with Gasteiger partial charge in [-0.1, -0.05) is 0 Å². The van der Waals surface area contributed by atoms with Crippen molar-refractivity contribution in [2.24, 2.45) is 0 Å². The van der Waals surface area contributed by atoms with E-state index in [1.54, 1.807) is 0 Å². The molecule has 0 heterocycles. The fraction of sp³-hybridized carbons (Fsp3) is 0.222. The molecule has 1 aromatic carbocycles. The van der Waals surface area contributed by atoms with Gasteiger partial charge in [0.05, 0.1) is 0 Å². The Kier molecular flexibility index (Phi) is 4.33. The maximum atomic E-state index is 5.15. The maximum absolute atomic E-state index is 5.15. The predicted octanol–water partition coefficient (Wildman–Crippen LogP) is 1.55. The van der Waals surface area contributed by atoms with Gasteiger partial charge in [-0.2, -0.15) is 0 Å². The molecule has 58 valence electrons. The molecule has 11 heavy (non-hydrogen) atoms. The van der Waals surface area contributed by atoms with E-state index in [0.29, 0.717) is 0 Å². The molecule has 1 nitrogen and oxygen atoms in total. The molecule has 0 amide bonds. The number of rotatable bonds is 4. The molecule has 0 aromatic heterocycles. The van der Waals surface area contributed by atoms with Crippen LogP contribution < -0.4 is 0 Å². The fourth-order valence-electron chi connectivity index (χ4n) is 0.870. The third-order valence-corrected chi connectivity index (χ3v) is 1.91. The van der Waals surface area contributed by atoms with Gasteiger partial charge in [0.1, 0.15) is 0 Å². The van der Waals surface area contributed by atoms with E-state index in [1.165, 1.54) is 24.9 Å². The second-order valence-corrected chi connectivity index (χ2v) is 2.89.